The van der Waals surface area contributed by atoms with Gasteiger partial charge in [-0.2, -0.15) is 9.19 Å². The average Bonchev–Trinajstić information content (AvgIpc) is 2.90. The van der Waals surface area contributed by atoms with Crippen LogP contribution in [0.15, 0.2) is 60.7 Å². The minimum Gasteiger partial charge on any atom is -0.195 e. The third kappa shape index (κ3) is 2.10. The Kier molecular flexibility index (Phi) is 2.68. The van der Waals surface area contributed by atoms with Crippen LogP contribution in [0.3, 0.4) is 0 Å². The quantitative estimate of drug-likeness (QED) is 0.685. The number of benzene rings is 2. The molecular weight excluding hydrogens is 229 g/mol. The van der Waals surface area contributed by atoms with Crippen molar-refractivity contribution >= 4 is 8.51 Å². The molecule has 0 saturated heterocycles. The number of hydrogen-bond donors (Lipinski definition) is 0. The second-order valence-corrected chi connectivity index (χ2v) is 4.36. The van der Waals surface area contributed by atoms with Gasteiger partial charge in [0.1, 0.15) is 0 Å². The molecule has 0 bridgehead atoms. The second-order valence-electron chi connectivity index (χ2n) is 3.60. The van der Waals surface area contributed by atoms with Gasteiger partial charge in [-0.15, -0.1) is 5.10 Å². The Morgan fingerprint density at radius 1 is 0.824 bits per heavy atom. The van der Waals surface area contributed by atoms with E-state index in [1.165, 1.54) is 0 Å². The van der Waals surface area contributed by atoms with Gasteiger partial charge >= 0.3 is 0 Å². The maximum atomic E-state index is 4.50. The van der Waals surface area contributed by atoms with E-state index < -0.39 is 0 Å². The Hall–Kier alpha value is -1.99. The molecule has 0 radical (unpaired) electrons. The lowest BCUT2D eigenvalue weighted by atomic mass is 10.2. The Morgan fingerprint density at radius 3 is 2.18 bits per heavy atom. The van der Waals surface area contributed by atoms with Gasteiger partial charge in [-0.3, -0.25) is 0 Å². The summed E-state index contributed by atoms with van der Waals surface area (Å²) in [5.41, 5.74) is 2.11. The summed E-state index contributed by atoms with van der Waals surface area (Å²) in [6.45, 7) is 0. The van der Waals surface area contributed by atoms with Crippen LogP contribution in [-0.2, 0) is 0 Å². The summed E-state index contributed by atoms with van der Waals surface area (Å²) in [6, 6.07) is 20.1. The zero-order chi connectivity index (χ0) is 11.5. The molecule has 0 aliphatic carbocycles. The first-order chi connectivity index (χ1) is 8.43. The third-order valence-corrected chi connectivity index (χ3v) is 3.20. The largest absolute Gasteiger partial charge is 0.195 e. The molecule has 0 unspecified atom stereocenters. The van der Waals surface area contributed by atoms with Crippen molar-refractivity contribution < 1.29 is 0 Å². The summed E-state index contributed by atoms with van der Waals surface area (Å²) < 4.78 is 6.29. The number of para-hydroxylation sites is 1. The highest BCUT2D eigenvalue weighted by atomic mass is 31.1. The maximum Gasteiger partial charge on any atom is 0.186 e. The Balaban J connectivity index is 1.99. The van der Waals surface area contributed by atoms with Crippen molar-refractivity contribution in [2.24, 2.45) is 0 Å². The summed E-state index contributed by atoms with van der Waals surface area (Å²) in [5.74, 6) is 0.788. The Labute approximate surface area is 101 Å². The summed E-state index contributed by atoms with van der Waals surface area (Å²) in [7, 11) is 0.845. The second kappa shape index (κ2) is 4.48. The molecule has 0 fully saturated rings. The highest BCUT2D eigenvalue weighted by molar-refractivity contribution is 7.21. The molecule has 3 nitrogen and oxygen atoms in total. The lowest BCUT2D eigenvalue weighted by molar-refractivity contribution is 0.958. The van der Waals surface area contributed by atoms with E-state index in [1.54, 1.807) is 0 Å². The first kappa shape index (κ1) is 10.2. The van der Waals surface area contributed by atoms with Crippen LogP contribution in [-0.4, -0.2) is 14.3 Å². The summed E-state index contributed by atoms with van der Waals surface area (Å²) in [5, 5.41) is 4.50. The predicted octanol–water partition coefficient (Wildman–Crippen LogP) is 3.51. The summed E-state index contributed by atoms with van der Waals surface area (Å²) >= 11 is 0. The summed E-state index contributed by atoms with van der Waals surface area (Å²) in [4.78, 5) is 0. The van der Waals surface area contributed by atoms with E-state index in [-0.39, 0.29) is 0 Å². The van der Waals surface area contributed by atoms with Crippen LogP contribution in [0, 0.1) is 0 Å². The van der Waals surface area contributed by atoms with Gasteiger partial charge in [-0.1, -0.05) is 48.5 Å². The van der Waals surface area contributed by atoms with Gasteiger partial charge in [0.05, 0.1) is 5.69 Å². The molecule has 0 saturated carbocycles. The van der Waals surface area contributed by atoms with Crippen molar-refractivity contribution in [1.29, 1.82) is 0 Å². The molecule has 3 aromatic rings. The highest BCUT2D eigenvalue weighted by Gasteiger charge is 2.04. The zero-order valence-electron chi connectivity index (χ0n) is 9.06. The molecule has 4 heteroatoms. The van der Waals surface area contributed by atoms with Crippen LogP contribution in [0.5, 0.6) is 0 Å². The monoisotopic (exact) mass is 239 g/mol. The van der Waals surface area contributed by atoms with Gasteiger partial charge in [0, 0.05) is 5.56 Å². The lowest BCUT2D eigenvalue weighted by Gasteiger charge is -1.97. The number of hydrogen-bond acceptors (Lipinski definition) is 2. The van der Waals surface area contributed by atoms with Crippen molar-refractivity contribution in [1.82, 2.24) is 14.3 Å². The van der Waals surface area contributed by atoms with E-state index >= 15 is 0 Å². The molecule has 1 aromatic heterocycles. The van der Waals surface area contributed by atoms with Crippen LogP contribution in [0.25, 0.3) is 17.1 Å². The first-order valence-corrected chi connectivity index (χ1v) is 6.14. The van der Waals surface area contributed by atoms with Gasteiger partial charge in [-0.25, -0.2) is 0 Å². The van der Waals surface area contributed by atoms with Crippen LogP contribution in [0.1, 0.15) is 0 Å². The van der Waals surface area contributed by atoms with Gasteiger partial charge in [0.2, 0.25) is 0 Å². The van der Waals surface area contributed by atoms with Crippen molar-refractivity contribution in [3.05, 3.63) is 60.7 Å². The van der Waals surface area contributed by atoms with E-state index in [9.17, 15) is 0 Å². The normalized spacial score (nSPS) is 10.8. The van der Waals surface area contributed by atoms with Crippen LogP contribution in [0.2, 0.25) is 0 Å². The van der Waals surface area contributed by atoms with Gasteiger partial charge < -0.3 is 0 Å². The van der Waals surface area contributed by atoms with E-state index in [1.807, 2.05) is 65.1 Å². The van der Waals surface area contributed by atoms with E-state index in [0.717, 1.165) is 25.6 Å². The number of rotatable bonds is 2. The Bertz CT molecular complexity index is 551. The van der Waals surface area contributed by atoms with E-state index in [2.05, 4.69) is 9.85 Å². The molecule has 82 valence electrons. The molecule has 0 aliphatic rings. The van der Waals surface area contributed by atoms with Crippen molar-refractivity contribution in [3.63, 3.8) is 0 Å². The maximum absolute atomic E-state index is 4.50. The molecule has 0 aliphatic heterocycles. The molecule has 0 amide bonds. The smallest absolute Gasteiger partial charge is 0.186 e. The van der Waals surface area contributed by atoms with Crippen molar-refractivity contribution in [2.45, 2.75) is 0 Å². The van der Waals surface area contributed by atoms with Crippen LogP contribution in [0.4, 0.5) is 0 Å². The summed E-state index contributed by atoms with van der Waals surface area (Å²) in [6.07, 6.45) is 0. The van der Waals surface area contributed by atoms with E-state index in [0.29, 0.717) is 0 Å². The zero-order valence-corrected chi connectivity index (χ0v) is 9.96. The minimum atomic E-state index is 0.788. The fourth-order valence-electron chi connectivity index (χ4n) is 1.59. The van der Waals surface area contributed by atoms with Crippen LogP contribution < -0.4 is 0 Å². The fourth-order valence-corrected chi connectivity index (χ4v) is 2.27. The van der Waals surface area contributed by atoms with Crippen molar-refractivity contribution in [3.8, 4) is 17.1 Å². The highest BCUT2D eigenvalue weighted by Crippen LogP contribution is 2.19. The molecule has 17 heavy (non-hydrogen) atoms. The standard InChI is InChI=1S/C13H10N3P/c1-3-7-11(8-4-1)13-14-16(17-15-13)12-9-5-2-6-10-12/h1-10H. The molecular formula is C13H10N3P. The number of aromatic nitrogens is 3. The lowest BCUT2D eigenvalue weighted by Crippen LogP contribution is -1.91. The molecule has 0 atom stereocenters. The minimum absolute atomic E-state index is 0.788. The SMILES string of the molecule is c1ccc(-c2npn(-c3ccccc3)n2)cc1. The topological polar surface area (TPSA) is 30.7 Å². The Morgan fingerprint density at radius 2 is 1.47 bits per heavy atom. The number of nitrogens with zero attached hydrogens (tertiary/aromatic N) is 3. The molecule has 2 aromatic carbocycles. The third-order valence-electron chi connectivity index (χ3n) is 2.43. The first-order valence-electron chi connectivity index (χ1n) is 5.34. The average molecular weight is 239 g/mol. The molecule has 0 N–H and O–H groups in total. The fraction of sp³-hybridized carbons (Fsp3) is 0. The van der Waals surface area contributed by atoms with Gasteiger partial charge in [0.15, 0.2) is 14.3 Å². The predicted molar refractivity (Wildman–Crippen MR) is 69.3 cm³/mol. The van der Waals surface area contributed by atoms with Crippen LogP contribution >= 0.6 is 8.51 Å². The molecule has 1 heterocycles. The van der Waals surface area contributed by atoms with E-state index in [4.69, 9.17) is 0 Å². The van der Waals surface area contributed by atoms with Gasteiger partial charge in [0.25, 0.3) is 0 Å². The van der Waals surface area contributed by atoms with Crippen molar-refractivity contribution in [2.75, 3.05) is 0 Å². The van der Waals surface area contributed by atoms with Gasteiger partial charge in [-0.05, 0) is 12.1 Å². The molecule has 3 rings (SSSR count). The molecule has 0 spiro atoms.